The number of rotatable bonds is 1. The number of hydrogen-bond acceptors (Lipinski definition) is 3. The van der Waals surface area contributed by atoms with Gasteiger partial charge >= 0.3 is 12.3 Å². The number of halogens is 4. The molecular formula is C26H26ClF3N2O2S. The predicted octanol–water partition coefficient (Wildman–Crippen LogP) is 7.77. The topological polar surface area (TPSA) is 34.5 Å². The Morgan fingerprint density at radius 1 is 1.09 bits per heavy atom. The Labute approximate surface area is 211 Å². The Hall–Kier alpha value is -2.32. The van der Waals surface area contributed by atoms with Crippen LogP contribution in [0.5, 0.6) is 0 Å². The van der Waals surface area contributed by atoms with Crippen molar-refractivity contribution >= 4 is 40.4 Å². The molecule has 0 radical (unpaired) electrons. The quantitative estimate of drug-likeness (QED) is 0.327. The van der Waals surface area contributed by atoms with Gasteiger partial charge in [-0.3, -0.25) is 0 Å². The van der Waals surface area contributed by atoms with E-state index in [1.165, 1.54) is 11.8 Å². The summed E-state index contributed by atoms with van der Waals surface area (Å²) >= 11 is 8.22. The molecule has 0 fully saturated rings. The monoisotopic (exact) mass is 522 g/mol. The molecule has 0 bridgehead atoms. The fraction of sp³-hybridized carbons (Fsp3) is 0.423. The molecule has 0 saturated heterocycles. The smallest absolute Gasteiger partial charge is 0.416 e. The van der Waals surface area contributed by atoms with Gasteiger partial charge in [0.2, 0.25) is 0 Å². The number of carbonyl (C=O) groups excluding carboxylic acids is 1. The first-order valence-corrected chi connectivity index (χ1v) is 12.9. The van der Waals surface area contributed by atoms with Gasteiger partial charge in [-0.1, -0.05) is 23.7 Å². The van der Waals surface area contributed by atoms with Crippen LogP contribution in [0.2, 0.25) is 5.02 Å². The maximum atomic E-state index is 13.3. The van der Waals surface area contributed by atoms with Crippen molar-refractivity contribution in [1.29, 1.82) is 0 Å². The highest BCUT2D eigenvalue weighted by molar-refractivity contribution is 7.99. The molecule has 35 heavy (non-hydrogen) atoms. The van der Waals surface area contributed by atoms with Crippen LogP contribution in [0.25, 0.3) is 22.0 Å². The number of thioether (sulfide) groups is 1. The highest BCUT2D eigenvalue weighted by atomic mass is 35.5. The summed E-state index contributed by atoms with van der Waals surface area (Å²) in [6.07, 6.45) is -3.13. The van der Waals surface area contributed by atoms with E-state index >= 15 is 0 Å². The van der Waals surface area contributed by atoms with Crippen LogP contribution in [0.4, 0.5) is 18.0 Å². The van der Waals surface area contributed by atoms with Crippen molar-refractivity contribution in [2.24, 2.45) is 0 Å². The maximum Gasteiger partial charge on any atom is 0.416 e. The van der Waals surface area contributed by atoms with Gasteiger partial charge in [0.15, 0.2) is 0 Å². The largest absolute Gasteiger partial charge is 0.444 e. The number of nitrogens with zero attached hydrogens (tertiary/aromatic N) is 2. The molecule has 5 rings (SSSR count). The van der Waals surface area contributed by atoms with E-state index in [-0.39, 0.29) is 11.1 Å². The molecule has 4 nitrogen and oxygen atoms in total. The molecule has 2 aliphatic rings. The van der Waals surface area contributed by atoms with Crippen LogP contribution in [0.15, 0.2) is 35.2 Å². The fourth-order valence-electron chi connectivity index (χ4n) is 4.94. The van der Waals surface area contributed by atoms with Gasteiger partial charge in [0.25, 0.3) is 0 Å². The van der Waals surface area contributed by atoms with Crippen molar-refractivity contribution in [3.8, 4) is 11.1 Å². The van der Waals surface area contributed by atoms with Crippen molar-refractivity contribution in [2.75, 3.05) is 12.3 Å². The van der Waals surface area contributed by atoms with Gasteiger partial charge in [0.1, 0.15) is 5.60 Å². The average Bonchev–Trinajstić information content (AvgIpc) is 2.93. The molecule has 0 atom stereocenters. The second-order valence-corrected chi connectivity index (χ2v) is 11.5. The van der Waals surface area contributed by atoms with E-state index in [1.54, 1.807) is 16.7 Å². The zero-order valence-corrected chi connectivity index (χ0v) is 21.3. The Morgan fingerprint density at radius 2 is 1.83 bits per heavy atom. The summed E-state index contributed by atoms with van der Waals surface area (Å²) in [5.41, 5.74) is 3.24. The lowest BCUT2D eigenvalue weighted by Crippen LogP contribution is -2.40. The highest BCUT2D eigenvalue weighted by Gasteiger charge is 2.33. The van der Waals surface area contributed by atoms with E-state index in [1.807, 2.05) is 32.9 Å². The molecule has 0 N–H and O–H groups in total. The Bertz CT molecular complexity index is 1330. The number of alkyl halides is 3. The van der Waals surface area contributed by atoms with E-state index in [4.69, 9.17) is 16.3 Å². The van der Waals surface area contributed by atoms with Crippen LogP contribution in [-0.4, -0.2) is 33.5 Å². The summed E-state index contributed by atoms with van der Waals surface area (Å²) in [5.74, 6) is 0.996. The molecule has 3 aromatic rings. The average molecular weight is 523 g/mol. The molecule has 9 heteroatoms. The van der Waals surface area contributed by atoms with Crippen molar-refractivity contribution in [3.05, 3.63) is 52.2 Å². The van der Waals surface area contributed by atoms with Crippen LogP contribution in [0, 0.1) is 0 Å². The molecule has 0 unspecified atom stereocenters. The number of fused-ring (bicyclic) bond motifs is 3. The van der Waals surface area contributed by atoms with Gasteiger partial charge in [-0.05, 0) is 56.7 Å². The van der Waals surface area contributed by atoms with Crippen molar-refractivity contribution in [3.63, 3.8) is 0 Å². The summed E-state index contributed by atoms with van der Waals surface area (Å²) in [5, 5.41) is 1.01. The summed E-state index contributed by atoms with van der Waals surface area (Å²) < 4.78 is 47.7. The molecule has 0 aliphatic carbocycles. The van der Waals surface area contributed by atoms with E-state index in [9.17, 15) is 18.0 Å². The minimum Gasteiger partial charge on any atom is -0.444 e. The molecule has 3 heterocycles. The number of aryl methyl sites for hydroxylation is 1. The minimum absolute atomic E-state index is 0.0534. The van der Waals surface area contributed by atoms with Gasteiger partial charge in [-0.15, -0.1) is 11.8 Å². The lowest BCUT2D eigenvalue weighted by atomic mass is 9.95. The van der Waals surface area contributed by atoms with Gasteiger partial charge in [0.05, 0.1) is 17.6 Å². The third kappa shape index (κ3) is 4.51. The third-order valence-corrected chi connectivity index (χ3v) is 7.82. The summed E-state index contributed by atoms with van der Waals surface area (Å²) in [6, 6.07) is 7.49. The predicted molar refractivity (Wildman–Crippen MR) is 133 cm³/mol. The molecule has 0 spiro atoms. The number of hydrogen-bond donors (Lipinski definition) is 0. The van der Waals surface area contributed by atoms with Crippen LogP contribution in [-0.2, 0) is 30.4 Å². The molecular weight excluding hydrogens is 497 g/mol. The third-order valence-electron chi connectivity index (χ3n) is 6.38. The van der Waals surface area contributed by atoms with Gasteiger partial charge in [-0.25, -0.2) is 4.79 Å². The van der Waals surface area contributed by atoms with Crippen molar-refractivity contribution < 1.29 is 22.7 Å². The molecule has 186 valence electrons. The number of benzene rings is 2. The van der Waals surface area contributed by atoms with Crippen LogP contribution >= 0.6 is 23.4 Å². The summed E-state index contributed by atoms with van der Waals surface area (Å²) in [6.45, 7) is 7.32. The fourth-order valence-corrected chi connectivity index (χ4v) is 6.23. The van der Waals surface area contributed by atoms with E-state index in [0.717, 1.165) is 57.8 Å². The maximum absolute atomic E-state index is 13.3. The van der Waals surface area contributed by atoms with E-state index in [2.05, 4.69) is 4.57 Å². The number of aromatic nitrogens is 1. The van der Waals surface area contributed by atoms with E-state index in [0.29, 0.717) is 25.1 Å². The molecule has 1 aromatic heterocycles. The van der Waals surface area contributed by atoms with Crippen molar-refractivity contribution in [2.45, 2.75) is 63.4 Å². The normalized spacial score (nSPS) is 16.3. The van der Waals surface area contributed by atoms with Crippen LogP contribution in [0.1, 0.15) is 44.0 Å². The first-order valence-electron chi connectivity index (χ1n) is 11.6. The lowest BCUT2D eigenvalue weighted by Gasteiger charge is -2.31. The van der Waals surface area contributed by atoms with Crippen LogP contribution in [0.3, 0.4) is 0 Å². The van der Waals surface area contributed by atoms with E-state index < -0.39 is 17.3 Å². The standard InChI is InChI=1S/C26H26ClF3N2O2S/c1-25(2,3)34-24(33)31-11-9-20-18(14-31)22-17(7-8-21-23(22)32(20)10-4-12-35-21)16-6-5-15(13-19(16)27)26(28,29)30/h5-8,13H,4,9-12,14H2,1-3H3. The molecule has 2 aliphatic heterocycles. The van der Waals surface area contributed by atoms with Crippen molar-refractivity contribution in [1.82, 2.24) is 9.47 Å². The Kier molecular flexibility index (Phi) is 6.03. The van der Waals surface area contributed by atoms with Gasteiger partial charge in [0, 0.05) is 51.6 Å². The molecule has 2 aromatic carbocycles. The first kappa shape index (κ1) is 24.4. The highest BCUT2D eigenvalue weighted by Crippen LogP contribution is 2.45. The van der Waals surface area contributed by atoms with Gasteiger partial charge < -0.3 is 14.2 Å². The summed E-state index contributed by atoms with van der Waals surface area (Å²) in [7, 11) is 0. The molecule has 0 saturated carbocycles. The second kappa shape index (κ2) is 8.66. The second-order valence-electron chi connectivity index (χ2n) is 9.96. The Balaban J connectivity index is 1.68. The lowest BCUT2D eigenvalue weighted by molar-refractivity contribution is -0.137. The number of carbonyl (C=O) groups is 1. The number of amides is 1. The zero-order valence-electron chi connectivity index (χ0n) is 19.8. The first-order chi connectivity index (χ1) is 16.4. The SMILES string of the molecule is CC(C)(C)OC(=O)N1CCc2c(c3c(-c4ccc(C(F)(F)F)cc4Cl)ccc4c3n2CCCS4)C1. The molecule has 1 amide bonds. The number of ether oxygens (including phenoxy) is 1. The Morgan fingerprint density at radius 3 is 2.51 bits per heavy atom. The van der Waals surface area contributed by atoms with Gasteiger partial charge in [-0.2, -0.15) is 13.2 Å². The summed E-state index contributed by atoms with van der Waals surface area (Å²) in [4.78, 5) is 15.7. The zero-order chi connectivity index (χ0) is 25.1. The van der Waals surface area contributed by atoms with Crippen LogP contribution < -0.4 is 0 Å². The minimum atomic E-state index is -4.47.